The quantitative estimate of drug-likeness (QED) is 0.544. The monoisotopic (exact) mass is 331 g/mol. The van der Waals surface area contributed by atoms with Gasteiger partial charge in [-0.1, -0.05) is 0 Å². The number of nitrogens with zero attached hydrogens (tertiary/aromatic N) is 4. The van der Waals surface area contributed by atoms with Crippen LogP contribution >= 0.6 is 0 Å². The van der Waals surface area contributed by atoms with Crippen molar-refractivity contribution in [2.24, 2.45) is 7.05 Å². The minimum absolute atomic E-state index is 0.904. The number of rotatable bonds is 6. The van der Waals surface area contributed by atoms with E-state index < -0.39 is 0 Å². The van der Waals surface area contributed by atoms with E-state index in [9.17, 15) is 0 Å². The molecule has 4 aromatic rings. The van der Waals surface area contributed by atoms with Crippen LogP contribution in [0.1, 0.15) is 6.42 Å². The van der Waals surface area contributed by atoms with E-state index in [1.54, 1.807) is 6.20 Å². The molecule has 0 saturated heterocycles. The fourth-order valence-corrected chi connectivity index (χ4v) is 3.12. The van der Waals surface area contributed by atoms with E-state index in [0.29, 0.717) is 0 Å². The lowest BCUT2D eigenvalue weighted by molar-refractivity contribution is 0.667. The number of pyridine rings is 1. The summed E-state index contributed by atoms with van der Waals surface area (Å²) in [5, 5.41) is 4.64. The lowest BCUT2D eigenvalue weighted by atomic mass is 10.1. The molecular formula is C20H21N5. The highest BCUT2D eigenvalue weighted by molar-refractivity contribution is 5.84. The molecule has 0 aliphatic rings. The van der Waals surface area contributed by atoms with Crippen molar-refractivity contribution in [3.05, 3.63) is 67.4 Å². The van der Waals surface area contributed by atoms with E-state index in [4.69, 9.17) is 0 Å². The zero-order valence-electron chi connectivity index (χ0n) is 14.3. The zero-order chi connectivity index (χ0) is 17.1. The van der Waals surface area contributed by atoms with Gasteiger partial charge in [0.25, 0.3) is 0 Å². The molecule has 0 bridgehead atoms. The molecule has 0 spiro atoms. The van der Waals surface area contributed by atoms with Crippen molar-refractivity contribution in [1.29, 1.82) is 0 Å². The molecule has 0 atom stereocenters. The van der Waals surface area contributed by atoms with Crippen molar-refractivity contribution >= 4 is 16.6 Å². The zero-order valence-corrected chi connectivity index (χ0v) is 14.3. The summed E-state index contributed by atoms with van der Waals surface area (Å²) in [4.78, 5) is 8.68. The Morgan fingerprint density at radius 1 is 1.08 bits per heavy atom. The van der Waals surface area contributed by atoms with E-state index in [1.165, 1.54) is 10.9 Å². The molecule has 25 heavy (non-hydrogen) atoms. The van der Waals surface area contributed by atoms with Gasteiger partial charge in [0.05, 0.1) is 5.69 Å². The summed E-state index contributed by atoms with van der Waals surface area (Å²) < 4.78 is 4.35. The molecule has 5 heteroatoms. The van der Waals surface area contributed by atoms with Crippen molar-refractivity contribution in [2.75, 3.05) is 11.9 Å². The van der Waals surface area contributed by atoms with Crippen LogP contribution in [0.5, 0.6) is 0 Å². The Labute approximate surface area is 147 Å². The van der Waals surface area contributed by atoms with Gasteiger partial charge in [-0.2, -0.15) is 0 Å². The van der Waals surface area contributed by atoms with E-state index in [2.05, 4.69) is 68.1 Å². The second-order valence-corrected chi connectivity index (χ2v) is 6.17. The van der Waals surface area contributed by atoms with Crippen LogP contribution in [-0.4, -0.2) is 25.6 Å². The van der Waals surface area contributed by atoms with Gasteiger partial charge < -0.3 is 14.5 Å². The van der Waals surface area contributed by atoms with E-state index in [0.717, 1.165) is 36.6 Å². The highest BCUT2D eigenvalue weighted by Crippen LogP contribution is 2.24. The van der Waals surface area contributed by atoms with Crippen LogP contribution in [0.25, 0.3) is 22.3 Å². The summed E-state index contributed by atoms with van der Waals surface area (Å²) in [5.41, 5.74) is 3.45. The summed E-state index contributed by atoms with van der Waals surface area (Å²) in [6.07, 6.45) is 10.7. The normalized spacial score (nSPS) is 11.1. The Bertz CT molecular complexity index is 968. The Hall–Kier alpha value is -3.08. The molecule has 1 N–H and O–H groups in total. The third-order valence-corrected chi connectivity index (χ3v) is 4.43. The SMILES string of the molecule is Cn1ccc2cc(-c3nccn3CCCNc3cccnc3)ccc21. The molecule has 0 amide bonds. The summed E-state index contributed by atoms with van der Waals surface area (Å²) in [6.45, 7) is 1.83. The average Bonchev–Trinajstić information content (AvgIpc) is 3.26. The van der Waals surface area contributed by atoms with Gasteiger partial charge in [-0.25, -0.2) is 4.98 Å². The van der Waals surface area contributed by atoms with Crippen molar-refractivity contribution < 1.29 is 0 Å². The maximum absolute atomic E-state index is 4.56. The first-order valence-electron chi connectivity index (χ1n) is 8.52. The van der Waals surface area contributed by atoms with Gasteiger partial charge in [-0.3, -0.25) is 4.98 Å². The first kappa shape index (κ1) is 15.4. The Kier molecular flexibility index (Phi) is 4.21. The van der Waals surface area contributed by atoms with Crippen LogP contribution in [0.15, 0.2) is 67.4 Å². The molecule has 3 heterocycles. The fourth-order valence-electron chi connectivity index (χ4n) is 3.12. The smallest absolute Gasteiger partial charge is 0.139 e. The lowest BCUT2D eigenvalue weighted by Gasteiger charge is -2.10. The highest BCUT2D eigenvalue weighted by Gasteiger charge is 2.07. The number of aromatic nitrogens is 4. The number of imidazole rings is 1. The Balaban J connectivity index is 1.44. The Morgan fingerprint density at radius 3 is 2.92 bits per heavy atom. The van der Waals surface area contributed by atoms with Gasteiger partial charge in [0.2, 0.25) is 0 Å². The molecule has 1 aromatic carbocycles. The highest BCUT2D eigenvalue weighted by atomic mass is 15.1. The second kappa shape index (κ2) is 6.81. The van der Waals surface area contributed by atoms with E-state index >= 15 is 0 Å². The molecule has 0 aliphatic heterocycles. The van der Waals surface area contributed by atoms with Crippen molar-refractivity contribution in [2.45, 2.75) is 13.0 Å². The van der Waals surface area contributed by atoms with Crippen LogP contribution in [0, 0.1) is 0 Å². The first-order valence-corrected chi connectivity index (χ1v) is 8.52. The van der Waals surface area contributed by atoms with Crippen molar-refractivity contribution in [3.8, 4) is 11.4 Å². The Morgan fingerprint density at radius 2 is 2.04 bits per heavy atom. The van der Waals surface area contributed by atoms with Crippen LogP contribution in [0.2, 0.25) is 0 Å². The van der Waals surface area contributed by atoms with Gasteiger partial charge in [-0.15, -0.1) is 0 Å². The van der Waals surface area contributed by atoms with Crippen molar-refractivity contribution in [3.63, 3.8) is 0 Å². The molecule has 0 fully saturated rings. The predicted octanol–water partition coefficient (Wildman–Crippen LogP) is 3.94. The number of hydrogen-bond donors (Lipinski definition) is 1. The molecular weight excluding hydrogens is 310 g/mol. The number of nitrogens with one attached hydrogen (secondary N) is 1. The minimum atomic E-state index is 0.904. The minimum Gasteiger partial charge on any atom is -0.384 e. The van der Waals surface area contributed by atoms with Crippen LogP contribution < -0.4 is 5.32 Å². The fraction of sp³-hybridized carbons (Fsp3) is 0.200. The van der Waals surface area contributed by atoms with Gasteiger partial charge in [0.1, 0.15) is 5.82 Å². The summed E-state index contributed by atoms with van der Waals surface area (Å²) in [7, 11) is 2.07. The van der Waals surface area contributed by atoms with Gasteiger partial charge >= 0.3 is 0 Å². The van der Waals surface area contributed by atoms with Gasteiger partial charge in [-0.05, 0) is 42.8 Å². The molecule has 5 nitrogen and oxygen atoms in total. The molecule has 0 unspecified atom stereocenters. The number of aryl methyl sites for hydroxylation is 2. The van der Waals surface area contributed by atoms with Crippen LogP contribution in [0.4, 0.5) is 5.69 Å². The average molecular weight is 331 g/mol. The predicted molar refractivity (Wildman–Crippen MR) is 101 cm³/mol. The number of anilines is 1. The summed E-state index contributed by atoms with van der Waals surface area (Å²) in [5.74, 6) is 1.02. The molecule has 0 radical (unpaired) electrons. The largest absolute Gasteiger partial charge is 0.384 e. The van der Waals surface area contributed by atoms with Crippen LogP contribution in [0.3, 0.4) is 0 Å². The van der Waals surface area contributed by atoms with Crippen LogP contribution in [-0.2, 0) is 13.6 Å². The molecule has 0 aliphatic carbocycles. The third-order valence-electron chi connectivity index (χ3n) is 4.43. The second-order valence-electron chi connectivity index (χ2n) is 6.17. The molecule has 126 valence electrons. The number of benzene rings is 1. The maximum atomic E-state index is 4.56. The number of fused-ring (bicyclic) bond motifs is 1. The lowest BCUT2D eigenvalue weighted by Crippen LogP contribution is -2.07. The maximum Gasteiger partial charge on any atom is 0.139 e. The standard InChI is InChI=1S/C20H21N5/c1-24-12-7-16-14-17(5-6-19(16)24)20-23-10-13-25(20)11-3-9-22-18-4-2-8-21-15-18/h2,4-8,10,12-15,22H,3,9,11H2,1H3. The summed E-state index contributed by atoms with van der Waals surface area (Å²) in [6, 6.07) is 12.6. The number of hydrogen-bond acceptors (Lipinski definition) is 3. The van der Waals surface area contributed by atoms with Gasteiger partial charge in [0, 0.05) is 67.6 Å². The molecule has 0 saturated carbocycles. The molecule has 3 aromatic heterocycles. The van der Waals surface area contributed by atoms with Gasteiger partial charge in [0.15, 0.2) is 0 Å². The van der Waals surface area contributed by atoms with E-state index in [1.807, 2.05) is 24.5 Å². The topological polar surface area (TPSA) is 47.7 Å². The third kappa shape index (κ3) is 3.26. The molecule has 4 rings (SSSR count). The summed E-state index contributed by atoms with van der Waals surface area (Å²) >= 11 is 0. The first-order chi connectivity index (χ1) is 12.3. The van der Waals surface area contributed by atoms with E-state index in [-0.39, 0.29) is 0 Å². The van der Waals surface area contributed by atoms with Crippen molar-refractivity contribution in [1.82, 2.24) is 19.1 Å².